The standard InChI is InChI=1S/C14H13BrFN3O/c15-13-11-7-20-12(8-1-2-8)6-19(11)18-14(13)10-4-3-9(16)5-17-10/h3-5,8,12H,1-2,6-7H2. The van der Waals surface area contributed by atoms with Crippen molar-refractivity contribution >= 4 is 15.9 Å². The maximum absolute atomic E-state index is 13.0. The minimum Gasteiger partial charge on any atom is -0.370 e. The summed E-state index contributed by atoms with van der Waals surface area (Å²) in [7, 11) is 0. The van der Waals surface area contributed by atoms with Crippen LogP contribution in [0.25, 0.3) is 11.4 Å². The van der Waals surface area contributed by atoms with Crippen molar-refractivity contribution in [3.8, 4) is 11.4 Å². The number of halogens is 2. The number of aromatic nitrogens is 3. The average molecular weight is 338 g/mol. The summed E-state index contributed by atoms with van der Waals surface area (Å²) in [5.41, 5.74) is 2.45. The van der Waals surface area contributed by atoms with Crippen LogP contribution in [0.3, 0.4) is 0 Å². The van der Waals surface area contributed by atoms with Crippen LogP contribution in [-0.4, -0.2) is 20.9 Å². The first-order valence-corrected chi connectivity index (χ1v) is 7.50. The van der Waals surface area contributed by atoms with E-state index >= 15 is 0 Å². The van der Waals surface area contributed by atoms with Crippen LogP contribution >= 0.6 is 15.9 Å². The van der Waals surface area contributed by atoms with E-state index in [1.54, 1.807) is 6.07 Å². The highest BCUT2D eigenvalue weighted by atomic mass is 79.9. The molecule has 1 atom stereocenters. The van der Waals surface area contributed by atoms with Crippen molar-refractivity contribution in [2.45, 2.75) is 32.1 Å². The minimum absolute atomic E-state index is 0.281. The van der Waals surface area contributed by atoms with E-state index in [0.717, 1.165) is 22.4 Å². The van der Waals surface area contributed by atoms with Crippen LogP contribution in [0.2, 0.25) is 0 Å². The average Bonchev–Trinajstić information content (AvgIpc) is 3.25. The molecular weight excluding hydrogens is 325 g/mol. The van der Waals surface area contributed by atoms with E-state index in [9.17, 15) is 4.39 Å². The molecule has 0 amide bonds. The SMILES string of the molecule is Fc1ccc(-c2nn3c(c2Br)COC(C2CC2)C3)nc1. The summed E-state index contributed by atoms with van der Waals surface area (Å²) in [6.45, 7) is 1.36. The lowest BCUT2D eigenvalue weighted by molar-refractivity contribution is -0.0131. The predicted octanol–water partition coefficient (Wildman–Crippen LogP) is 3.16. The second-order valence-electron chi connectivity index (χ2n) is 5.34. The number of nitrogens with zero attached hydrogens (tertiary/aromatic N) is 3. The van der Waals surface area contributed by atoms with E-state index in [4.69, 9.17) is 4.74 Å². The molecule has 1 unspecified atom stereocenters. The topological polar surface area (TPSA) is 39.9 Å². The number of pyridine rings is 1. The highest BCUT2D eigenvalue weighted by Gasteiger charge is 2.36. The van der Waals surface area contributed by atoms with E-state index in [0.29, 0.717) is 18.2 Å². The molecule has 2 aliphatic rings. The van der Waals surface area contributed by atoms with Crippen LogP contribution in [-0.2, 0) is 17.9 Å². The molecule has 4 rings (SSSR count). The third-order valence-electron chi connectivity index (χ3n) is 3.90. The van der Waals surface area contributed by atoms with Crippen LogP contribution in [0.5, 0.6) is 0 Å². The molecule has 0 N–H and O–H groups in total. The van der Waals surface area contributed by atoms with E-state index < -0.39 is 0 Å². The van der Waals surface area contributed by atoms with Gasteiger partial charge in [0.1, 0.15) is 11.5 Å². The van der Waals surface area contributed by atoms with Crippen LogP contribution in [0.1, 0.15) is 18.5 Å². The van der Waals surface area contributed by atoms with Crippen LogP contribution in [0.15, 0.2) is 22.8 Å². The molecule has 1 aliphatic carbocycles. The monoisotopic (exact) mass is 337 g/mol. The third kappa shape index (κ3) is 2.07. The van der Waals surface area contributed by atoms with Crippen molar-refractivity contribution in [2.75, 3.05) is 0 Å². The van der Waals surface area contributed by atoms with E-state index in [-0.39, 0.29) is 11.9 Å². The molecule has 1 saturated carbocycles. The molecule has 1 aliphatic heterocycles. The second-order valence-corrected chi connectivity index (χ2v) is 6.13. The third-order valence-corrected chi connectivity index (χ3v) is 4.73. The van der Waals surface area contributed by atoms with Crippen LogP contribution in [0, 0.1) is 11.7 Å². The molecule has 0 spiro atoms. The highest BCUT2D eigenvalue weighted by molar-refractivity contribution is 9.10. The van der Waals surface area contributed by atoms with Gasteiger partial charge < -0.3 is 4.74 Å². The normalized spacial score (nSPS) is 21.8. The largest absolute Gasteiger partial charge is 0.370 e. The Hall–Kier alpha value is -1.27. The summed E-state index contributed by atoms with van der Waals surface area (Å²) in [5, 5.41) is 4.62. The zero-order valence-electron chi connectivity index (χ0n) is 10.7. The van der Waals surface area contributed by atoms with E-state index in [1.165, 1.54) is 25.1 Å². The van der Waals surface area contributed by atoms with Gasteiger partial charge in [0.2, 0.25) is 0 Å². The number of ether oxygens (including phenoxy) is 1. The van der Waals surface area contributed by atoms with Gasteiger partial charge in [-0.3, -0.25) is 9.67 Å². The number of fused-ring (bicyclic) bond motifs is 1. The Morgan fingerprint density at radius 1 is 1.35 bits per heavy atom. The molecule has 0 bridgehead atoms. The van der Waals surface area contributed by atoms with Gasteiger partial charge >= 0.3 is 0 Å². The zero-order chi connectivity index (χ0) is 13.7. The fraction of sp³-hybridized carbons (Fsp3) is 0.429. The summed E-state index contributed by atoms with van der Waals surface area (Å²) < 4.78 is 21.8. The first kappa shape index (κ1) is 12.5. The van der Waals surface area contributed by atoms with Gasteiger partial charge in [0.15, 0.2) is 0 Å². The van der Waals surface area contributed by atoms with Crippen LogP contribution < -0.4 is 0 Å². The molecular formula is C14H13BrFN3O. The lowest BCUT2D eigenvalue weighted by Crippen LogP contribution is -2.29. The second kappa shape index (κ2) is 4.63. The fourth-order valence-electron chi connectivity index (χ4n) is 2.61. The Balaban J connectivity index is 1.70. The minimum atomic E-state index is -0.342. The summed E-state index contributed by atoms with van der Waals surface area (Å²) >= 11 is 3.57. The smallest absolute Gasteiger partial charge is 0.141 e. The zero-order valence-corrected chi connectivity index (χ0v) is 12.3. The molecule has 0 radical (unpaired) electrons. The maximum atomic E-state index is 13.0. The first-order valence-electron chi connectivity index (χ1n) is 6.71. The molecule has 2 aromatic heterocycles. The summed E-state index contributed by atoms with van der Waals surface area (Å²) in [5.74, 6) is 0.351. The molecule has 104 valence electrons. The molecule has 4 nitrogen and oxygen atoms in total. The molecule has 3 heterocycles. The summed E-state index contributed by atoms with van der Waals surface area (Å²) in [6.07, 6.45) is 4.01. The summed E-state index contributed by atoms with van der Waals surface area (Å²) in [6, 6.07) is 3.05. The van der Waals surface area contributed by atoms with Gasteiger partial charge in [0.25, 0.3) is 0 Å². The van der Waals surface area contributed by atoms with Crippen molar-refractivity contribution in [3.05, 3.63) is 34.3 Å². The van der Waals surface area contributed by atoms with Crippen molar-refractivity contribution in [1.82, 2.24) is 14.8 Å². The van der Waals surface area contributed by atoms with Gasteiger partial charge in [-0.2, -0.15) is 5.10 Å². The van der Waals surface area contributed by atoms with E-state index in [1.807, 2.05) is 4.68 Å². The lowest BCUT2D eigenvalue weighted by Gasteiger charge is -2.24. The van der Waals surface area contributed by atoms with Crippen molar-refractivity contribution in [3.63, 3.8) is 0 Å². The van der Waals surface area contributed by atoms with Gasteiger partial charge in [0.05, 0.1) is 41.3 Å². The Morgan fingerprint density at radius 3 is 2.90 bits per heavy atom. The number of rotatable bonds is 2. The van der Waals surface area contributed by atoms with E-state index in [2.05, 4.69) is 26.0 Å². The van der Waals surface area contributed by atoms with Gasteiger partial charge in [0, 0.05) is 0 Å². The Bertz CT molecular complexity index is 651. The quantitative estimate of drug-likeness (QED) is 0.845. The number of hydrogen-bond acceptors (Lipinski definition) is 3. The predicted molar refractivity (Wildman–Crippen MR) is 74.4 cm³/mol. The first-order chi connectivity index (χ1) is 9.72. The molecule has 20 heavy (non-hydrogen) atoms. The van der Waals surface area contributed by atoms with Gasteiger partial charge in [-0.1, -0.05) is 0 Å². The summed E-state index contributed by atoms with van der Waals surface area (Å²) in [4.78, 5) is 4.10. The van der Waals surface area contributed by atoms with Gasteiger partial charge in [-0.05, 0) is 46.8 Å². The van der Waals surface area contributed by atoms with Crippen LogP contribution in [0.4, 0.5) is 4.39 Å². The molecule has 0 aromatic carbocycles. The Kier molecular flexibility index (Phi) is 2.89. The Labute approximate surface area is 124 Å². The lowest BCUT2D eigenvalue weighted by atomic mass is 10.2. The van der Waals surface area contributed by atoms with Crippen molar-refractivity contribution in [1.29, 1.82) is 0 Å². The fourth-order valence-corrected chi connectivity index (χ4v) is 3.21. The van der Waals surface area contributed by atoms with Gasteiger partial charge in [-0.15, -0.1) is 0 Å². The van der Waals surface area contributed by atoms with Gasteiger partial charge in [-0.25, -0.2) is 4.39 Å². The highest BCUT2D eigenvalue weighted by Crippen LogP contribution is 2.39. The Morgan fingerprint density at radius 2 is 2.20 bits per heavy atom. The molecule has 0 saturated heterocycles. The molecule has 6 heteroatoms. The molecule has 2 aromatic rings. The molecule has 1 fully saturated rings. The number of hydrogen-bond donors (Lipinski definition) is 0. The van der Waals surface area contributed by atoms with Crippen molar-refractivity contribution < 1.29 is 9.13 Å². The maximum Gasteiger partial charge on any atom is 0.141 e. The van der Waals surface area contributed by atoms with Crippen molar-refractivity contribution in [2.24, 2.45) is 5.92 Å².